The first kappa shape index (κ1) is 16.9. The van der Waals surface area contributed by atoms with Gasteiger partial charge in [-0.15, -0.1) is 0 Å². The molecule has 0 radical (unpaired) electrons. The molecule has 1 fully saturated rings. The van der Waals surface area contributed by atoms with Gasteiger partial charge in [0.15, 0.2) is 0 Å². The standard InChI is InChI=1S/C17H23N7O/c1-11(2)24-16(18)15(10-20-24)21-13-6-5-12(23-7-3-4-8-23)9-14(13)22-17(19)25/h5-6,9-11H,3-4,7-8H2,1-2H3,(H4,18,19,20,22,25)/p+1. The van der Waals surface area contributed by atoms with Gasteiger partial charge in [-0.1, -0.05) is 0 Å². The van der Waals surface area contributed by atoms with Crippen molar-refractivity contribution in [3.63, 3.8) is 0 Å². The second kappa shape index (κ2) is 6.92. The summed E-state index contributed by atoms with van der Waals surface area (Å²) in [5.74, 6) is 0.489. The summed E-state index contributed by atoms with van der Waals surface area (Å²) in [6.07, 6.45) is 9.74. The van der Waals surface area contributed by atoms with Gasteiger partial charge < -0.3 is 16.8 Å². The molecule has 8 heteroatoms. The van der Waals surface area contributed by atoms with E-state index in [1.165, 1.54) is 12.8 Å². The van der Waals surface area contributed by atoms with Crippen molar-refractivity contribution in [3.05, 3.63) is 30.1 Å². The molecule has 0 spiro atoms. The third-order valence-electron chi connectivity index (χ3n) is 4.25. The zero-order chi connectivity index (χ0) is 18.0. The van der Waals surface area contributed by atoms with Crippen molar-refractivity contribution in [2.45, 2.75) is 32.7 Å². The van der Waals surface area contributed by atoms with E-state index in [1.54, 1.807) is 10.9 Å². The van der Waals surface area contributed by atoms with Gasteiger partial charge in [-0.25, -0.2) is 19.0 Å². The number of carbonyl (C=O) groups is 1. The molecule has 1 aromatic rings. The van der Waals surface area contributed by atoms with E-state index in [9.17, 15) is 4.79 Å². The molecule has 2 amide bonds. The Hall–Kier alpha value is -2.90. The molecule has 3 rings (SSSR count). The van der Waals surface area contributed by atoms with Crippen molar-refractivity contribution in [2.24, 2.45) is 10.7 Å². The third-order valence-corrected chi connectivity index (χ3v) is 4.25. The highest BCUT2D eigenvalue weighted by Crippen LogP contribution is 2.25. The normalized spacial score (nSPS) is 19.0. The maximum absolute atomic E-state index is 11.4. The highest BCUT2D eigenvalue weighted by Gasteiger charge is 2.22. The zero-order valence-electron chi connectivity index (χ0n) is 14.6. The molecule has 0 aromatic carbocycles. The van der Waals surface area contributed by atoms with E-state index in [-0.39, 0.29) is 6.04 Å². The largest absolute Gasteiger partial charge is 0.382 e. The van der Waals surface area contributed by atoms with E-state index in [1.807, 2.05) is 32.1 Å². The van der Waals surface area contributed by atoms with E-state index in [2.05, 4.69) is 20.0 Å². The van der Waals surface area contributed by atoms with Gasteiger partial charge in [0.1, 0.15) is 24.6 Å². The number of aliphatic imine (C=N–C) groups is 1. The van der Waals surface area contributed by atoms with Crippen molar-refractivity contribution in [2.75, 3.05) is 18.8 Å². The van der Waals surface area contributed by atoms with Gasteiger partial charge in [0.2, 0.25) is 5.71 Å². The Bertz CT molecular complexity index is 803. The molecule has 1 aliphatic heterocycles. The maximum atomic E-state index is 11.4. The fourth-order valence-corrected chi connectivity index (χ4v) is 3.02. The molecule has 25 heavy (non-hydrogen) atoms. The molecule has 2 heterocycles. The summed E-state index contributed by atoms with van der Waals surface area (Å²) in [6.45, 7) is 6.03. The van der Waals surface area contributed by atoms with Crippen LogP contribution in [0.2, 0.25) is 0 Å². The molecular weight excluding hydrogens is 318 g/mol. The number of primary amides is 1. The maximum Gasteiger partial charge on any atom is 0.316 e. The number of carbonyl (C=O) groups excluding carboxylic acids is 1. The Labute approximate surface area is 146 Å². The van der Waals surface area contributed by atoms with Crippen LogP contribution in [0.3, 0.4) is 0 Å². The monoisotopic (exact) mass is 342 g/mol. The van der Waals surface area contributed by atoms with Crippen LogP contribution in [0.15, 0.2) is 35.1 Å². The van der Waals surface area contributed by atoms with Gasteiger partial charge in [-0.05, 0) is 19.9 Å². The predicted molar refractivity (Wildman–Crippen MR) is 98.3 cm³/mol. The fourth-order valence-electron chi connectivity index (χ4n) is 3.02. The van der Waals surface area contributed by atoms with Crippen molar-refractivity contribution in [1.29, 1.82) is 0 Å². The smallest absolute Gasteiger partial charge is 0.316 e. The van der Waals surface area contributed by atoms with Crippen molar-refractivity contribution < 1.29 is 9.37 Å². The lowest BCUT2D eigenvalue weighted by Crippen LogP contribution is -2.34. The summed E-state index contributed by atoms with van der Waals surface area (Å²) in [4.78, 5) is 15.9. The molecule has 1 saturated heterocycles. The predicted octanol–water partition coefficient (Wildman–Crippen LogP) is 1.49. The van der Waals surface area contributed by atoms with Gasteiger partial charge in [0.25, 0.3) is 0 Å². The van der Waals surface area contributed by atoms with Crippen LogP contribution < -0.4 is 16.8 Å². The summed E-state index contributed by atoms with van der Waals surface area (Å²) in [5, 5.41) is 6.92. The number of nitrogens with zero attached hydrogens (tertiary/aromatic N) is 4. The molecular formula is C17H24N7O+. The second-order valence-electron chi connectivity index (χ2n) is 6.45. The number of allylic oxidation sites excluding steroid dienone is 3. The topological polar surface area (TPSA) is 114 Å². The number of anilines is 1. The molecule has 0 saturated carbocycles. The number of urea groups is 1. The quantitative estimate of drug-likeness (QED) is 0.571. The van der Waals surface area contributed by atoms with E-state index >= 15 is 0 Å². The Morgan fingerprint density at radius 2 is 2.08 bits per heavy atom. The Morgan fingerprint density at radius 3 is 2.68 bits per heavy atom. The first-order chi connectivity index (χ1) is 12.0. The Balaban J connectivity index is 1.97. The minimum absolute atomic E-state index is 0.143. The first-order valence-electron chi connectivity index (χ1n) is 8.46. The van der Waals surface area contributed by atoms with Crippen LogP contribution in [-0.2, 0) is 0 Å². The number of amides is 2. The zero-order valence-corrected chi connectivity index (χ0v) is 14.6. The minimum atomic E-state index is -0.624. The van der Waals surface area contributed by atoms with E-state index in [4.69, 9.17) is 11.5 Å². The van der Waals surface area contributed by atoms with Crippen LogP contribution >= 0.6 is 0 Å². The van der Waals surface area contributed by atoms with Crippen LogP contribution in [0.4, 0.5) is 16.3 Å². The number of aromatic nitrogens is 2. The lowest BCUT2D eigenvalue weighted by Gasteiger charge is -2.12. The summed E-state index contributed by atoms with van der Waals surface area (Å²) in [7, 11) is 0. The SMILES string of the molecule is CC(C)n1ncc(/N=C2/C=CC(=[N+]3CCCC3)C=C2NC(N)=O)c1N. The lowest BCUT2D eigenvalue weighted by molar-refractivity contribution is -0.504. The summed E-state index contributed by atoms with van der Waals surface area (Å²) >= 11 is 0. The van der Waals surface area contributed by atoms with Crippen LogP contribution in [0, 0.1) is 0 Å². The summed E-state index contributed by atoms with van der Waals surface area (Å²) in [5.41, 5.74) is 14.2. The first-order valence-corrected chi connectivity index (χ1v) is 8.46. The van der Waals surface area contributed by atoms with Crippen LogP contribution in [0.25, 0.3) is 0 Å². The van der Waals surface area contributed by atoms with Gasteiger partial charge >= 0.3 is 6.03 Å². The number of nitrogen functional groups attached to an aromatic ring is 1. The summed E-state index contributed by atoms with van der Waals surface area (Å²) < 4.78 is 3.99. The Morgan fingerprint density at radius 1 is 1.36 bits per heavy atom. The molecule has 0 atom stereocenters. The molecule has 0 unspecified atom stereocenters. The number of rotatable bonds is 3. The number of hydrogen-bond acceptors (Lipinski definition) is 4. The number of hydrogen-bond donors (Lipinski definition) is 3. The number of nitrogens with one attached hydrogen (secondary N) is 1. The molecule has 0 bridgehead atoms. The molecule has 132 valence electrons. The van der Waals surface area contributed by atoms with Gasteiger partial charge in [-0.3, -0.25) is 0 Å². The molecule has 1 aliphatic carbocycles. The molecule has 1 aromatic heterocycles. The highest BCUT2D eigenvalue weighted by molar-refractivity contribution is 6.21. The van der Waals surface area contributed by atoms with Gasteiger partial charge in [0.05, 0.1) is 17.6 Å². The average molecular weight is 342 g/mol. The van der Waals surface area contributed by atoms with Gasteiger partial charge in [-0.2, -0.15) is 5.10 Å². The lowest BCUT2D eigenvalue weighted by atomic mass is 10.1. The third kappa shape index (κ3) is 3.62. The van der Waals surface area contributed by atoms with Crippen LogP contribution in [0.5, 0.6) is 0 Å². The van der Waals surface area contributed by atoms with Crippen molar-refractivity contribution >= 4 is 29.0 Å². The van der Waals surface area contributed by atoms with Crippen LogP contribution in [0.1, 0.15) is 32.7 Å². The van der Waals surface area contributed by atoms with E-state index < -0.39 is 6.03 Å². The molecule has 8 nitrogen and oxygen atoms in total. The molecule has 5 N–H and O–H groups in total. The Kier molecular flexibility index (Phi) is 4.69. The highest BCUT2D eigenvalue weighted by atomic mass is 16.2. The van der Waals surface area contributed by atoms with E-state index in [0.29, 0.717) is 22.9 Å². The molecule has 2 aliphatic rings. The minimum Gasteiger partial charge on any atom is -0.382 e. The van der Waals surface area contributed by atoms with Crippen molar-refractivity contribution in [1.82, 2.24) is 15.1 Å². The van der Waals surface area contributed by atoms with E-state index in [0.717, 1.165) is 18.8 Å². The number of nitrogens with two attached hydrogens (primary N) is 2. The fraction of sp³-hybridized carbons (Fsp3) is 0.412. The summed E-state index contributed by atoms with van der Waals surface area (Å²) in [6, 6.07) is -0.481. The average Bonchev–Trinajstić information content (AvgIpc) is 3.19. The van der Waals surface area contributed by atoms with Crippen LogP contribution in [-0.4, -0.2) is 44.9 Å². The van der Waals surface area contributed by atoms with Gasteiger partial charge in [0, 0.05) is 31.0 Å². The van der Waals surface area contributed by atoms with Crippen molar-refractivity contribution in [3.8, 4) is 0 Å². The second-order valence-corrected chi connectivity index (χ2v) is 6.45.